The van der Waals surface area contributed by atoms with Crippen LogP contribution in [0.5, 0.6) is 0 Å². The molecule has 5 N–H and O–H groups in total. The van der Waals surface area contributed by atoms with Crippen LogP contribution in [-0.4, -0.2) is 104 Å². The lowest BCUT2D eigenvalue weighted by Gasteiger charge is -2.35. The Morgan fingerprint density at radius 2 is 1.20 bits per heavy atom. The third kappa shape index (κ3) is 9.82. The van der Waals surface area contributed by atoms with Crippen LogP contribution in [0.15, 0.2) is 47.2 Å². The highest BCUT2D eigenvalue weighted by Crippen LogP contribution is 2.41. The van der Waals surface area contributed by atoms with Crippen molar-refractivity contribution in [2.24, 2.45) is 11.7 Å². The number of ketones is 1. The molecule has 4 atom stereocenters. The lowest BCUT2D eigenvalue weighted by molar-refractivity contribution is -0.168. The van der Waals surface area contributed by atoms with E-state index in [1.54, 1.807) is 39.9 Å². The molecule has 2 saturated heterocycles. The molecule has 0 aliphatic carbocycles. The van der Waals surface area contributed by atoms with Gasteiger partial charge >= 0.3 is 30.4 Å². The lowest BCUT2D eigenvalue weighted by Crippen LogP contribution is -2.48. The quantitative estimate of drug-likeness (QED) is 0.118. The number of aromatic nitrogens is 4. The zero-order chi connectivity index (χ0) is 42.8. The van der Waals surface area contributed by atoms with Crippen molar-refractivity contribution in [1.29, 1.82) is 0 Å². The monoisotopic (exact) mass is 869 g/mol. The zero-order valence-electron chi connectivity index (χ0n) is 31.2. The molecule has 59 heavy (non-hydrogen) atoms. The molecule has 0 saturated carbocycles. The maximum absolute atomic E-state index is 12.9. The molecule has 24 heteroatoms. The van der Waals surface area contributed by atoms with Crippen LogP contribution >= 0.6 is 23.1 Å². The second-order valence-corrected chi connectivity index (χ2v) is 15.3. The summed E-state index contributed by atoms with van der Waals surface area (Å²) < 4.78 is 79.7. The maximum Gasteiger partial charge on any atom is 0.403 e. The summed E-state index contributed by atoms with van der Waals surface area (Å²) in [6, 6.07) is 7.04. The number of fused-ring (bicyclic) bond motifs is 8. The fourth-order valence-electron chi connectivity index (χ4n) is 6.61. The van der Waals surface area contributed by atoms with E-state index in [0.717, 1.165) is 52.0 Å². The molecule has 16 nitrogen and oxygen atoms in total. The van der Waals surface area contributed by atoms with Crippen molar-refractivity contribution in [2.75, 3.05) is 56.4 Å². The van der Waals surface area contributed by atoms with Gasteiger partial charge in [-0.3, -0.25) is 25.2 Å². The summed E-state index contributed by atoms with van der Waals surface area (Å²) in [5.41, 5.74) is 5.77. The number of hydrogen-bond acceptors (Lipinski definition) is 13. The van der Waals surface area contributed by atoms with Crippen molar-refractivity contribution in [1.82, 2.24) is 18.7 Å². The van der Waals surface area contributed by atoms with Gasteiger partial charge in [0.05, 0.1) is 35.4 Å². The zero-order valence-corrected chi connectivity index (χ0v) is 32.8. The molecule has 8 rings (SSSR count). The number of anilines is 6. The molecule has 0 aromatic carbocycles. The molecule has 0 unspecified atom stereocenters. The number of pyridine rings is 2. The van der Waals surface area contributed by atoms with Crippen LogP contribution in [0, 0.1) is 5.92 Å². The smallest absolute Gasteiger partial charge is 0.403 e. The minimum Gasteiger partial charge on any atom is -0.477 e. The van der Waals surface area contributed by atoms with Gasteiger partial charge in [0.15, 0.2) is 23.1 Å². The largest absolute Gasteiger partial charge is 0.477 e. The number of carboxylic acid groups (broad SMARTS) is 1. The van der Waals surface area contributed by atoms with E-state index in [9.17, 15) is 45.5 Å². The third-order valence-electron chi connectivity index (χ3n) is 9.76. The molecule has 316 valence electrons. The Hall–Kier alpha value is -5.62. The summed E-state index contributed by atoms with van der Waals surface area (Å²) in [7, 11) is 0. The van der Waals surface area contributed by atoms with E-state index in [0.29, 0.717) is 29.7 Å². The first-order chi connectivity index (χ1) is 27.8. The first-order valence-corrected chi connectivity index (χ1v) is 19.7. The standard InChI is InChI=1S/C18H18F3N5O2S.C14H13N5O3S.C3H6F3N/c1-10(18(19,20)21)8-14(27)12-2-3-13-16(22-12)26(11-4-6-25(13)9-11)17(28)23-15-5-7-29-24-15;20-13(21)9-1-2-10-12(15-9)19(8-3-5-18(10)7-8)14(22)16-11-4-6-23-17-11;1-2(7)3(4,5)6/h2-3,5,7,10-11H,4,6,8-9H2,1H3,(H,23,24,28);1-2,4,6,8H,3,5,7H2,(H,20,21)(H,16,17,22);2H,7H2,1H3/t10-,11-;8-;2-/m001/s1. The van der Waals surface area contributed by atoms with Gasteiger partial charge in [-0.1, -0.05) is 6.92 Å². The average molecular weight is 870 g/mol. The Morgan fingerprint density at radius 3 is 1.59 bits per heavy atom. The molecule has 0 radical (unpaired) electrons. The number of amides is 4. The summed E-state index contributed by atoms with van der Waals surface area (Å²) in [4.78, 5) is 64.9. The number of rotatable bonds is 6. The maximum atomic E-state index is 12.9. The summed E-state index contributed by atoms with van der Waals surface area (Å²) in [5.74, 6) is -2.00. The van der Waals surface area contributed by atoms with E-state index < -0.39 is 48.5 Å². The molecule has 4 aliphatic heterocycles. The van der Waals surface area contributed by atoms with E-state index in [-0.39, 0.29) is 35.3 Å². The summed E-state index contributed by atoms with van der Waals surface area (Å²) in [6.07, 6.45) is -7.81. The minimum atomic E-state index is -4.45. The number of nitrogens with two attached hydrogens (primary N) is 1. The number of carbonyl (C=O) groups excluding carboxylic acids is 3. The van der Waals surface area contributed by atoms with Crippen molar-refractivity contribution < 1.29 is 50.6 Å². The van der Waals surface area contributed by atoms with Crippen LogP contribution in [0.1, 0.15) is 54.1 Å². The number of Topliss-reactive ketones (excluding diaryl/α,β-unsaturated/α-hetero) is 1. The van der Waals surface area contributed by atoms with E-state index in [1.807, 2.05) is 0 Å². The number of hydrogen-bond donors (Lipinski definition) is 4. The third-order valence-corrected chi connectivity index (χ3v) is 10.9. The second kappa shape index (κ2) is 17.3. The van der Waals surface area contributed by atoms with Crippen LogP contribution in [0.25, 0.3) is 0 Å². The van der Waals surface area contributed by atoms with Gasteiger partial charge in [0, 0.05) is 43.4 Å². The van der Waals surface area contributed by atoms with Gasteiger partial charge in [-0.25, -0.2) is 24.4 Å². The normalized spacial score (nSPS) is 18.7. The van der Waals surface area contributed by atoms with Crippen molar-refractivity contribution in [2.45, 2.75) is 63.6 Å². The number of carboxylic acids is 1. The van der Waals surface area contributed by atoms with E-state index in [1.165, 1.54) is 40.1 Å². The molecule has 4 aliphatic rings. The Balaban J connectivity index is 0.000000174. The van der Waals surface area contributed by atoms with Crippen molar-refractivity contribution in [3.8, 4) is 0 Å². The Labute approximate surface area is 340 Å². The lowest BCUT2D eigenvalue weighted by atomic mass is 10.0. The number of nitrogens with one attached hydrogen (secondary N) is 2. The van der Waals surface area contributed by atoms with Crippen LogP contribution in [0.4, 0.5) is 70.6 Å². The molecule has 4 amide bonds. The minimum absolute atomic E-state index is 0.0160. The summed E-state index contributed by atoms with van der Waals surface area (Å²) in [6.45, 7) is 4.80. The molecular formula is C35H37F6N11O5S2. The fraction of sp³-hybridized carbons (Fsp3) is 0.429. The molecule has 8 heterocycles. The number of aromatic carboxylic acids is 1. The van der Waals surface area contributed by atoms with Gasteiger partial charge in [-0.2, -0.15) is 35.1 Å². The Kier molecular flexibility index (Phi) is 12.6. The van der Waals surface area contributed by atoms with Gasteiger partial charge < -0.3 is 20.6 Å². The first kappa shape index (κ1) is 43.0. The van der Waals surface area contributed by atoms with Gasteiger partial charge in [-0.15, -0.1) is 0 Å². The van der Waals surface area contributed by atoms with Crippen LogP contribution in [0.3, 0.4) is 0 Å². The molecule has 4 bridgehead atoms. The number of nitrogens with zero attached hydrogens (tertiary/aromatic N) is 8. The number of carbonyl (C=O) groups is 4. The topological polar surface area (TPSA) is 203 Å². The van der Waals surface area contributed by atoms with Crippen molar-refractivity contribution >= 4 is 81.5 Å². The van der Waals surface area contributed by atoms with E-state index in [4.69, 9.17) is 5.11 Å². The summed E-state index contributed by atoms with van der Waals surface area (Å²) in [5, 5.41) is 18.1. The SMILES string of the molecule is C[C@@H](CC(=O)c1ccc2c(n1)N(C(=O)Nc1ccsn1)[C@H]1CCN2C1)C(F)(F)F.C[C@@H](N)C(F)(F)F.O=C(O)c1ccc2c(n1)N(C(=O)Nc1ccsn1)[C@H]1CCN2C1. The average Bonchev–Trinajstić information content (AvgIpc) is 4.01. The van der Waals surface area contributed by atoms with Crippen LogP contribution < -0.4 is 36.0 Å². The fourth-order valence-corrected chi connectivity index (χ4v) is 7.55. The van der Waals surface area contributed by atoms with Gasteiger partial charge in [0.25, 0.3) is 0 Å². The Morgan fingerprint density at radius 1 is 0.763 bits per heavy atom. The molecule has 2 fully saturated rings. The number of alkyl halides is 6. The first-order valence-electron chi connectivity index (χ1n) is 18.0. The highest BCUT2D eigenvalue weighted by molar-refractivity contribution is 7.04. The van der Waals surface area contributed by atoms with Crippen LogP contribution in [-0.2, 0) is 0 Å². The molecule has 4 aromatic heterocycles. The molecular weight excluding hydrogens is 833 g/mol. The van der Waals surface area contributed by atoms with Crippen LogP contribution in [0.2, 0.25) is 0 Å². The van der Waals surface area contributed by atoms with Gasteiger partial charge in [-0.05, 0) is 79.2 Å². The highest BCUT2D eigenvalue weighted by Gasteiger charge is 2.43. The number of halogens is 6. The predicted octanol–water partition coefficient (Wildman–Crippen LogP) is 6.70. The van der Waals surface area contributed by atoms with E-state index >= 15 is 0 Å². The summed E-state index contributed by atoms with van der Waals surface area (Å²) >= 11 is 2.45. The second-order valence-electron chi connectivity index (χ2n) is 13.9. The predicted molar refractivity (Wildman–Crippen MR) is 208 cm³/mol. The molecule has 0 spiro atoms. The molecule has 4 aromatic rings. The van der Waals surface area contributed by atoms with Gasteiger partial charge in [0.1, 0.15) is 17.3 Å². The number of urea groups is 2. The van der Waals surface area contributed by atoms with E-state index in [2.05, 4.69) is 44.9 Å². The van der Waals surface area contributed by atoms with Gasteiger partial charge in [0.2, 0.25) is 0 Å². The Bertz CT molecular complexity index is 2160. The highest BCUT2D eigenvalue weighted by atomic mass is 32.1. The van der Waals surface area contributed by atoms with Crippen molar-refractivity contribution in [3.63, 3.8) is 0 Å². The van der Waals surface area contributed by atoms with Crippen molar-refractivity contribution in [3.05, 3.63) is 58.5 Å².